The normalized spacial score (nSPS) is 48.3. The van der Waals surface area contributed by atoms with Gasteiger partial charge >= 0.3 is 5.97 Å². The monoisotopic (exact) mass is 730 g/mol. The maximum Gasteiger partial charge on any atom is 0.316 e. The molecule has 0 aromatic heterocycles. The number of methoxy groups -OCH3 is 1. The molecule has 4 N–H and O–H groups in total. The van der Waals surface area contributed by atoms with Crippen molar-refractivity contribution in [1.29, 1.82) is 0 Å². The Bertz CT molecular complexity index is 1450. The molecule has 3 saturated heterocycles. The molecule has 5 heterocycles. The van der Waals surface area contributed by atoms with E-state index in [0.29, 0.717) is 36.0 Å². The van der Waals surface area contributed by atoms with Crippen molar-refractivity contribution in [2.45, 2.75) is 134 Å². The highest BCUT2D eigenvalue weighted by molar-refractivity contribution is 5.78. The fraction of sp³-hybridized carbons (Fsp3) is 0.725. The van der Waals surface area contributed by atoms with Gasteiger partial charge in [0, 0.05) is 38.2 Å². The van der Waals surface area contributed by atoms with Crippen LogP contribution in [0, 0.1) is 29.6 Å². The first-order valence-electron chi connectivity index (χ1n) is 18.8. The number of hydrogen-bond acceptors (Lipinski definition) is 12. The minimum absolute atomic E-state index is 0.0102. The standard InChI is InChI=1S/C40H58O12/c1-21(2)35-23(4)13-14-39(52-35)18-29-17-28(51-39)12-11-26(19-47-31-16-25(6)34(43)38(46-7)50-31)32(41)22(3)9-8-10-27-20-48-36-33(42)24(5)15-30(37(44)49-29)40(27,36)45/h8-11,13-15,21-23,25,28-36,38,41-43,45H,12,16-20H2,1-7H3/b9-8+,26-11+,27-10+/t22-,23-,25+,28+,29-,30-,31-,32+,33+,34-,35+,36+,38-,39+,40+/m0/s1. The molecule has 1 aliphatic carbocycles. The largest absolute Gasteiger partial charge is 0.462 e. The van der Waals surface area contributed by atoms with Crippen LogP contribution in [0.2, 0.25) is 0 Å². The topological polar surface area (TPSA) is 163 Å². The zero-order valence-electron chi connectivity index (χ0n) is 31.4. The molecular weight excluding hydrogens is 672 g/mol. The van der Waals surface area contributed by atoms with Gasteiger partial charge in [-0.1, -0.05) is 71.1 Å². The summed E-state index contributed by atoms with van der Waals surface area (Å²) in [7, 11) is 1.47. The van der Waals surface area contributed by atoms with E-state index in [4.69, 9.17) is 33.2 Å². The molecule has 12 nitrogen and oxygen atoms in total. The third-order valence-electron chi connectivity index (χ3n) is 11.7. The van der Waals surface area contributed by atoms with Gasteiger partial charge in [-0.2, -0.15) is 0 Å². The van der Waals surface area contributed by atoms with E-state index in [1.807, 2.05) is 32.1 Å². The van der Waals surface area contributed by atoms with Crippen molar-refractivity contribution in [3.05, 3.63) is 59.3 Å². The number of esters is 1. The van der Waals surface area contributed by atoms with Gasteiger partial charge in [-0.25, -0.2) is 0 Å². The number of ether oxygens (including phenoxy) is 7. The van der Waals surface area contributed by atoms with Crippen molar-refractivity contribution in [3.8, 4) is 0 Å². The van der Waals surface area contributed by atoms with Crippen LogP contribution in [-0.4, -0.2) is 113 Å². The van der Waals surface area contributed by atoms with Gasteiger partial charge in [0.15, 0.2) is 18.4 Å². The highest BCUT2D eigenvalue weighted by atomic mass is 16.8. The second-order valence-corrected chi connectivity index (χ2v) is 16.1. The van der Waals surface area contributed by atoms with E-state index in [0.717, 1.165) is 0 Å². The summed E-state index contributed by atoms with van der Waals surface area (Å²) in [6.45, 7) is 11.9. The van der Waals surface area contributed by atoms with Gasteiger partial charge in [0.1, 0.15) is 35.9 Å². The first kappa shape index (κ1) is 39.5. The van der Waals surface area contributed by atoms with Crippen LogP contribution < -0.4 is 0 Å². The summed E-state index contributed by atoms with van der Waals surface area (Å²) in [4.78, 5) is 14.2. The fourth-order valence-electron chi connectivity index (χ4n) is 8.55. The van der Waals surface area contributed by atoms with Gasteiger partial charge < -0.3 is 53.6 Å². The molecule has 12 heteroatoms. The van der Waals surface area contributed by atoms with Gasteiger partial charge in [-0.3, -0.25) is 4.79 Å². The van der Waals surface area contributed by atoms with Crippen molar-refractivity contribution in [3.63, 3.8) is 0 Å². The van der Waals surface area contributed by atoms with Gasteiger partial charge in [0.25, 0.3) is 0 Å². The summed E-state index contributed by atoms with van der Waals surface area (Å²) in [6.07, 6.45) is 7.57. The third kappa shape index (κ3) is 7.80. The van der Waals surface area contributed by atoms with Gasteiger partial charge in [0.05, 0.1) is 31.5 Å². The number of aliphatic hydroxyl groups is 4. The minimum atomic E-state index is -1.84. The highest BCUT2D eigenvalue weighted by Gasteiger charge is 2.60. The van der Waals surface area contributed by atoms with Crippen LogP contribution >= 0.6 is 0 Å². The van der Waals surface area contributed by atoms with Crippen LogP contribution in [0.25, 0.3) is 0 Å². The zero-order chi connectivity index (χ0) is 37.5. The van der Waals surface area contributed by atoms with Crippen LogP contribution in [0.3, 0.4) is 0 Å². The van der Waals surface area contributed by atoms with E-state index in [1.165, 1.54) is 7.11 Å². The predicted molar refractivity (Wildman–Crippen MR) is 189 cm³/mol. The van der Waals surface area contributed by atoms with Crippen LogP contribution in [-0.2, 0) is 38.0 Å². The second-order valence-electron chi connectivity index (χ2n) is 16.1. The fourth-order valence-corrected chi connectivity index (χ4v) is 8.55. The smallest absolute Gasteiger partial charge is 0.316 e. The molecule has 0 aromatic carbocycles. The molecule has 52 heavy (non-hydrogen) atoms. The van der Waals surface area contributed by atoms with Gasteiger partial charge in [-0.15, -0.1) is 0 Å². The van der Waals surface area contributed by atoms with Gasteiger partial charge in [0.2, 0.25) is 0 Å². The molecule has 6 rings (SSSR count). The summed E-state index contributed by atoms with van der Waals surface area (Å²) in [5, 5.41) is 45.5. The molecule has 0 saturated carbocycles. The van der Waals surface area contributed by atoms with E-state index in [9.17, 15) is 25.2 Å². The van der Waals surface area contributed by atoms with Crippen molar-refractivity contribution >= 4 is 5.97 Å². The number of allylic oxidation sites excluding steroid dienone is 2. The third-order valence-corrected chi connectivity index (χ3v) is 11.7. The Labute approximate surface area is 307 Å². The average Bonchev–Trinajstić information content (AvgIpc) is 3.44. The Morgan fingerprint density at radius 2 is 1.79 bits per heavy atom. The predicted octanol–water partition coefficient (Wildman–Crippen LogP) is 3.63. The Hall–Kier alpha value is -2.23. The molecule has 0 amide bonds. The molecule has 15 atom stereocenters. The molecule has 0 aromatic rings. The molecule has 0 unspecified atom stereocenters. The van der Waals surface area contributed by atoms with Crippen molar-refractivity contribution < 1.29 is 58.4 Å². The Morgan fingerprint density at radius 3 is 2.52 bits per heavy atom. The van der Waals surface area contributed by atoms with Crippen LogP contribution in [0.4, 0.5) is 0 Å². The summed E-state index contributed by atoms with van der Waals surface area (Å²) in [5.74, 6) is -3.05. The lowest BCUT2D eigenvalue weighted by Crippen LogP contribution is -2.58. The first-order valence-corrected chi connectivity index (χ1v) is 18.8. The quantitative estimate of drug-likeness (QED) is 0.241. The molecule has 2 bridgehead atoms. The molecule has 290 valence electrons. The lowest BCUT2D eigenvalue weighted by Gasteiger charge is -2.48. The van der Waals surface area contributed by atoms with Crippen LogP contribution in [0.1, 0.15) is 67.2 Å². The Balaban J connectivity index is 1.35. The van der Waals surface area contributed by atoms with Crippen LogP contribution in [0.5, 0.6) is 0 Å². The van der Waals surface area contributed by atoms with Crippen molar-refractivity contribution in [2.75, 3.05) is 20.3 Å². The number of rotatable bonds is 5. The first-order chi connectivity index (χ1) is 24.7. The number of hydrogen-bond donors (Lipinski definition) is 4. The molecular formula is C40H58O12. The summed E-state index contributed by atoms with van der Waals surface area (Å²) in [6, 6.07) is 0. The SMILES string of the molecule is CO[C@H]1O[C@H](OC/C2=C\C[C@@H]3C[C@@H](C[C@]4(C=C[C@H](C)[C@@H](C(C)C)O4)O3)OC(=O)[C@@H]3C=C(C)[C@@H](O)[C@H]4OC/C(=C\C=C\[C@H](C)[C@H]2O)[C@]43O)C[C@@H](C)[C@@H]1O. The minimum Gasteiger partial charge on any atom is -0.462 e. The number of carbonyl (C=O) groups is 1. The highest BCUT2D eigenvalue weighted by Crippen LogP contribution is 2.47. The van der Waals surface area contributed by atoms with E-state index in [1.54, 1.807) is 25.2 Å². The number of fused-ring (bicyclic) bond motifs is 2. The second kappa shape index (κ2) is 15.9. The molecule has 5 aliphatic heterocycles. The maximum absolute atomic E-state index is 14.2. The Morgan fingerprint density at radius 1 is 1.02 bits per heavy atom. The van der Waals surface area contributed by atoms with Crippen LogP contribution in [0.15, 0.2) is 59.3 Å². The maximum atomic E-state index is 14.2. The average molecular weight is 731 g/mol. The van der Waals surface area contributed by atoms with E-state index in [2.05, 4.69) is 26.8 Å². The van der Waals surface area contributed by atoms with E-state index >= 15 is 0 Å². The van der Waals surface area contributed by atoms with E-state index in [-0.39, 0.29) is 43.5 Å². The number of carbonyl (C=O) groups excluding carboxylic acids is 1. The van der Waals surface area contributed by atoms with Crippen molar-refractivity contribution in [1.82, 2.24) is 0 Å². The summed E-state index contributed by atoms with van der Waals surface area (Å²) in [5.41, 5.74) is -0.281. The van der Waals surface area contributed by atoms with E-state index < -0.39 is 78.4 Å². The molecule has 0 radical (unpaired) electrons. The lowest BCUT2D eigenvalue weighted by atomic mass is 9.71. The number of aliphatic hydroxyl groups excluding tert-OH is 3. The lowest BCUT2D eigenvalue weighted by molar-refractivity contribution is -0.301. The van der Waals surface area contributed by atoms with Gasteiger partial charge in [-0.05, 0) is 48.0 Å². The zero-order valence-corrected chi connectivity index (χ0v) is 31.4. The molecule has 6 aliphatic rings. The molecule has 3 fully saturated rings. The summed E-state index contributed by atoms with van der Waals surface area (Å²) >= 11 is 0. The molecule has 1 spiro atoms. The van der Waals surface area contributed by atoms with Crippen molar-refractivity contribution in [2.24, 2.45) is 29.6 Å². The Kier molecular flexibility index (Phi) is 12.0. The summed E-state index contributed by atoms with van der Waals surface area (Å²) < 4.78 is 43.1.